The Labute approximate surface area is 129 Å². The molecule has 0 aromatic heterocycles. The molecule has 0 amide bonds. The van der Waals surface area contributed by atoms with Gasteiger partial charge in [-0.15, -0.1) is 0 Å². The van der Waals surface area contributed by atoms with Crippen LogP contribution in [0.5, 0.6) is 0 Å². The molecule has 0 aliphatic rings. The summed E-state index contributed by atoms with van der Waals surface area (Å²) in [6.45, 7) is 10.2. The normalized spacial score (nSPS) is 11.3. The molecular formula is C20H26O. The molecule has 2 aromatic carbocycles. The molecule has 0 atom stereocenters. The van der Waals surface area contributed by atoms with Gasteiger partial charge in [0.25, 0.3) is 0 Å². The zero-order chi connectivity index (χ0) is 15.2. The van der Waals surface area contributed by atoms with Crippen molar-refractivity contribution in [2.24, 2.45) is 0 Å². The Morgan fingerprint density at radius 1 is 0.619 bits per heavy atom. The van der Waals surface area contributed by atoms with Crippen LogP contribution in [-0.2, 0) is 18.0 Å². The number of rotatable bonds is 6. The fraction of sp³-hybridized carbons (Fsp3) is 0.400. The van der Waals surface area contributed by atoms with Crippen LogP contribution in [0.4, 0.5) is 0 Å². The molecule has 0 heterocycles. The van der Waals surface area contributed by atoms with Crippen molar-refractivity contribution in [3.63, 3.8) is 0 Å². The van der Waals surface area contributed by atoms with Gasteiger partial charge in [-0.05, 0) is 34.1 Å². The van der Waals surface area contributed by atoms with Crippen molar-refractivity contribution >= 4 is 0 Å². The van der Waals surface area contributed by atoms with Gasteiger partial charge in [-0.1, -0.05) is 76.2 Å². The molecule has 2 rings (SSSR count). The van der Waals surface area contributed by atoms with Crippen LogP contribution in [0.1, 0.15) is 61.8 Å². The SMILES string of the molecule is CC(C)c1ccc(COCc2ccc(C(C)C)cc2)cc1. The molecule has 1 heteroatoms. The molecule has 0 saturated carbocycles. The van der Waals surface area contributed by atoms with Crippen LogP contribution < -0.4 is 0 Å². The average molecular weight is 282 g/mol. The monoisotopic (exact) mass is 282 g/mol. The Hall–Kier alpha value is -1.60. The molecule has 0 aliphatic carbocycles. The second-order valence-corrected chi connectivity index (χ2v) is 6.29. The van der Waals surface area contributed by atoms with Crippen molar-refractivity contribution in [3.05, 3.63) is 70.8 Å². The van der Waals surface area contributed by atoms with Crippen molar-refractivity contribution in [3.8, 4) is 0 Å². The summed E-state index contributed by atoms with van der Waals surface area (Å²) >= 11 is 0. The van der Waals surface area contributed by atoms with Crippen LogP contribution >= 0.6 is 0 Å². The molecular weight excluding hydrogens is 256 g/mol. The smallest absolute Gasteiger partial charge is 0.0721 e. The van der Waals surface area contributed by atoms with E-state index in [1.165, 1.54) is 22.3 Å². The minimum absolute atomic E-state index is 0.583. The molecule has 0 saturated heterocycles. The van der Waals surface area contributed by atoms with Gasteiger partial charge in [0, 0.05) is 0 Å². The fourth-order valence-electron chi connectivity index (χ4n) is 2.28. The van der Waals surface area contributed by atoms with Crippen molar-refractivity contribution in [1.82, 2.24) is 0 Å². The largest absolute Gasteiger partial charge is 0.372 e. The summed E-state index contributed by atoms with van der Waals surface area (Å²) in [6.07, 6.45) is 0. The molecule has 1 nitrogen and oxygen atoms in total. The molecule has 0 bridgehead atoms. The van der Waals surface area contributed by atoms with Crippen molar-refractivity contribution in [2.75, 3.05) is 0 Å². The predicted octanol–water partition coefficient (Wildman–Crippen LogP) is 5.65. The van der Waals surface area contributed by atoms with Gasteiger partial charge in [0.1, 0.15) is 0 Å². The Bertz CT molecular complexity index is 484. The molecule has 0 fully saturated rings. The Kier molecular flexibility index (Phi) is 5.58. The molecule has 0 unspecified atom stereocenters. The second kappa shape index (κ2) is 7.42. The number of ether oxygens (including phenoxy) is 1. The molecule has 112 valence electrons. The Morgan fingerprint density at radius 3 is 1.24 bits per heavy atom. The van der Waals surface area contributed by atoms with Gasteiger partial charge in [0.15, 0.2) is 0 Å². The molecule has 0 spiro atoms. The first-order valence-electron chi connectivity index (χ1n) is 7.81. The topological polar surface area (TPSA) is 9.23 Å². The Morgan fingerprint density at radius 2 is 0.952 bits per heavy atom. The van der Waals surface area contributed by atoms with E-state index in [9.17, 15) is 0 Å². The van der Waals surface area contributed by atoms with Gasteiger partial charge >= 0.3 is 0 Å². The first kappa shape index (κ1) is 15.8. The van der Waals surface area contributed by atoms with Gasteiger partial charge in [-0.2, -0.15) is 0 Å². The fourth-order valence-corrected chi connectivity index (χ4v) is 2.28. The summed E-state index contributed by atoms with van der Waals surface area (Å²) in [5.74, 6) is 1.17. The van der Waals surface area contributed by atoms with Gasteiger partial charge in [-0.25, -0.2) is 0 Å². The molecule has 21 heavy (non-hydrogen) atoms. The maximum atomic E-state index is 5.81. The average Bonchev–Trinajstić information content (AvgIpc) is 2.48. The minimum Gasteiger partial charge on any atom is -0.372 e. The lowest BCUT2D eigenvalue weighted by molar-refractivity contribution is 0.107. The summed E-state index contributed by atoms with van der Waals surface area (Å²) in [5, 5.41) is 0. The summed E-state index contributed by atoms with van der Waals surface area (Å²) in [4.78, 5) is 0. The van der Waals surface area contributed by atoms with Crippen molar-refractivity contribution < 1.29 is 4.74 Å². The highest BCUT2D eigenvalue weighted by Gasteiger charge is 2.01. The van der Waals surface area contributed by atoms with E-state index in [1.807, 2.05) is 0 Å². The van der Waals surface area contributed by atoms with Crippen molar-refractivity contribution in [2.45, 2.75) is 52.7 Å². The van der Waals surface area contributed by atoms with Gasteiger partial charge < -0.3 is 4.74 Å². The summed E-state index contributed by atoms with van der Waals surface area (Å²) in [6, 6.07) is 17.4. The third kappa shape index (κ3) is 4.71. The van der Waals surface area contributed by atoms with E-state index in [1.54, 1.807) is 0 Å². The highest BCUT2D eigenvalue weighted by molar-refractivity contribution is 5.25. The highest BCUT2D eigenvalue weighted by atomic mass is 16.5. The van der Waals surface area contributed by atoms with Crippen LogP contribution in [0.15, 0.2) is 48.5 Å². The second-order valence-electron chi connectivity index (χ2n) is 6.29. The summed E-state index contributed by atoms with van der Waals surface area (Å²) in [7, 11) is 0. The van der Waals surface area contributed by atoms with Crippen molar-refractivity contribution in [1.29, 1.82) is 0 Å². The van der Waals surface area contributed by atoms with E-state index in [0.717, 1.165) is 0 Å². The van der Waals surface area contributed by atoms with Gasteiger partial charge in [0.05, 0.1) is 13.2 Å². The van der Waals surface area contributed by atoms with Crippen LogP contribution in [0.3, 0.4) is 0 Å². The summed E-state index contributed by atoms with van der Waals surface area (Å²) < 4.78 is 5.81. The zero-order valence-electron chi connectivity index (χ0n) is 13.6. The third-order valence-electron chi connectivity index (χ3n) is 3.83. The maximum Gasteiger partial charge on any atom is 0.0721 e. The van der Waals surface area contributed by atoms with E-state index in [0.29, 0.717) is 25.0 Å². The number of benzene rings is 2. The zero-order valence-corrected chi connectivity index (χ0v) is 13.6. The van der Waals surface area contributed by atoms with Crippen LogP contribution in [0.2, 0.25) is 0 Å². The highest BCUT2D eigenvalue weighted by Crippen LogP contribution is 2.17. The standard InChI is InChI=1S/C20H26O/c1-15(2)19-9-5-17(6-10-19)13-21-14-18-7-11-20(12-8-18)16(3)4/h5-12,15-16H,13-14H2,1-4H3. The molecule has 0 radical (unpaired) electrons. The predicted molar refractivity (Wildman–Crippen MR) is 89.6 cm³/mol. The number of hydrogen-bond acceptors (Lipinski definition) is 1. The summed E-state index contributed by atoms with van der Waals surface area (Å²) in [5.41, 5.74) is 5.22. The third-order valence-corrected chi connectivity index (χ3v) is 3.83. The first-order chi connectivity index (χ1) is 10.1. The van der Waals surface area contributed by atoms with Gasteiger partial charge in [-0.3, -0.25) is 0 Å². The molecule has 0 aliphatic heterocycles. The quantitative estimate of drug-likeness (QED) is 0.665. The lowest BCUT2D eigenvalue weighted by atomic mass is 10.0. The van der Waals surface area contributed by atoms with Crippen LogP contribution in [0, 0.1) is 0 Å². The maximum absolute atomic E-state index is 5.81. The first-order valence-corrected chi connectivity index (χ1v) is 7.81. The lowest BCUT2D eigenvalue weighted by Gasteiger charge is -2.09. The van der Waals surface area contributed by atoms with E-state index in [4.69, 9.17) is 4.74 Å². The lowest BCUT2D eigenvalue weighted by Crippen LogP contribution is -1.96. The van der Waals surface area contributed by atoms with E-state index >= 15 is 0 Å². The van der Waals surface area contributed by atoms with Crippen LogP contribution in [0.25, 0.3) is 0 Å². The van der Waals surface area contributed by atoms with E-state index in [2.05, 4.69) is 76.2 Å². The van der Waals surface area contributed by atoms with E-state index < -0.39 is 0 Å². The number of hydrogen-bond donors (Lipinski definition) is 0. The van der Waals surface area contributed by atoms with Gasteiger partial charge in [0.2, 0.25) is 0 Å². The minimum atomic E-state index is 0.583. The molecule has 2 aromatic rings. The molecule has 0 N–H and O–H groups in total. The Balaban J connectivity index is 1.83. The van der Waals surface area contributed by atoms with E-state index in [-0.39, 0.29) is 0 Å². The van der Waals surface area contributed by atoms with Crippen LogP contribution in [-0.4, -0.2) is 0 Å².